The first-order valence-electron chi connectivity index (χ1n) is 12.7. The Morgan fingerprint density at radius 3 is 2.51 bits per heavy atom. The quantitative estimate of drug-likeness (QED) is 0.0672. The molecule has 6 rings (SSSR count). The number of thioether (sulfide) groups is 2. The predicted molar refractivity (Wildman–Crippen MR) is 173 cm³/mol. The zero-order valence-electron chi connectivity index (χ0n) is 22.1. The molecule has 0 bridgehead atoms. The van der Waals surface area contributed by atoms with Crippen LogP contribution >= 0.6 is 46.2 Å². The van der Waals surface area contributed by atoms with Gasteiger partial charge in [-0.25, -0.2) is 4.98 Å². The minimum atomic E-state index is -0.515. The lowest BCUT2D eigenvalue weighted by molar-refractivity contribution is -0.384. The van der Waals surface area contributed by atoms with E-state index < -0.39 is 4.92 Å². The summed E-state index contributed by atoms with van der Waals surface area (Å²) in [4.78, 5) is 40.0. The molecule has 4 aromatic carbocycles. The molecular formula is C29H20N6O4S4. The van der Waals surface area contributed by atoms with Crippen molar-refractivity contribution in [3.8, 4) is 0 Å². The van der Waals surface area contributed by atoms with Gasteiger partial charge >= 0.3 is 0 Å². The molecule has 0 aliphatic carbocycles. The van der Waals surface area contributed by atoms with E-state index in [1.807, 2.05) is 18.2 Å². The lowest BCUT2D eigenvalue weighted by Crippen LogP contribution is -2.13. The molecule has 6 aromatic rings. The maximum absolute atomic E-state index is 12.6. The van der Waals surface area contributed by atoms with Gasteiger partial charge in [-0.2, -0.15) is 0 Å². The standard InChI is InChI=1S/C29H20N6O4S4/c36-25(32-27-33-34-29(43-27)40-15-19-6-3-5-17-4-1-2-7-22(17)19)16-41-28-31-23-13-10-20(14-24(23)42-28)30-26(37)18-8-11-21(12-9-18)35(38)39/h1-14H,15-16H2,(H,30,37)(H,32,33,36). The average Bonchev–Trinajstić information content (AvgIpc) is 3.65. The zero-order chi connectivity index (χ0) is 29.8. The van der Waals surface area contributed by atoms with Crippen LogP contribution in [0.25, 0.3) is 21.0 Å². The first-order valence-corrected chi connectivity index (χ1v) is 16.3. The summed E-state index contributed by atoms with van der Waals surface area (Å²) >= 11 is 5.65. The van der Waals surface area contributed by atoms with Crippen molar-refractivity contribution in [2.45, 2.75) is 14.4 Å². The van der Waals surface area contributed by atoms with E-state index in [0.29, 0.717) is 20.7 Å². The fourth-order valence-corrected chi connectivity index (χ4v) is 7.82. The molecule has 2 heterocycles. The van der Waals surface area contributed by atoms with Gasteiger partial charge in [-0.15, -0.1) is 21.5 Å². The van der Waals surface area contributed by atoms with Crippen LogP contribution in [0.1, 0.15) is 15.9 Å². The van der Waals surface area contributed by atoms with Crippen LogP contribution in [0.3, 0.4) is 0 Å². The Hall–Kier alpha value is -4.37. The smallest absolute Gasteiger partial charge is 0.269 e. The Kier molecular flexibility index (Phi) is 8.60. The molecule has 0 aliphatic rings. The van der Waals surface area contributed by atoms with Gasteiger partial charge in [-0.05, 0) is 46.7 Å². The molecule has 2 aromatic heterocycles. The molecule has 0 unspecified atom stereocenters. The van der Waals surface area contributed by atoms with Gasteiger partial charge in [0, 0.05) is 29.1 Å². The van der Waals surface area contributed by atoms with E-state index in [0.717, 1.165) is 20.3 Å². The first-order chi connectivity index (χ1) is 20.9. The number of nitrogens with zero attached hydrogens (tertiary/aromatic N) is 4. The largest absolute Gasteiger partial charge is 0.322 e. The number of benzene rings is 4. The lowest BCUT2D eigenvalue weighted by atomic mass is 10.1. The molecule has 2 amide bonds. The zero-order valence-corrected chi connectivity index (χ0v) is 25.3. The Morgan fingerprint density at radius 2 is 1.67 bits per heavy atom. The summed E-state index contributed by atoms with van der Waals surface area (Å²) < 4.78 is 2.34. The third-order valence-electron chi connectivity index (χ3n) is 6.18. The van der Waals surface area contributed by atoms with E-state index in [9.17, 15) is 19.7 Å². The van der Waals surface area contributed by atoms with Gasteiger partial charge in [-0.1, -0.05) is 77.3 Å². The van der Waals surface area contributed by atoms with Crippen LogP contribution in [-0.4, -0.2) is 37.7 Å². The highest BCUT2D eigenvalue weighted by Gasteiger charge is 2.14. The Morgan fingerprint density at radius 1 is 0.860 bits per heavy atom. The van der Waals surface area contributed by atoms with Gasteiger partial charge in [0.2, 0.25) is 11.0 Å². The molecule has 10 nitrogen and oxygen atoms in total. The molecule has 0 radical (unpaired) electrons. The van der Waals surface area contributed by atoms with E-state index in [1.165, 1.54) is 75.0 Å². The van der Waals surface area contributed by atoms with Gasteiger partial charge in [-0.3, -0.25) is 25.0 Å². The molecule has 0 saturated heterocycles. The summed E-state index contributed by atoms with van der Waals surface area (Å²) in [7, 11) is 0. The highest BCUT2D eigenvalue weighted by molar-refractivity contribution is 8.01. The fraction of sp³-hybridized carbons (Fsp3) is 0.0690. The monoisotopic (exact) mass is 644 g/mol. The molecular weight excluding hydrogens is 625 g/mol. The second-order valence-electron chi connectivity index (χ2n) is 9.06. The van der Waals surface area contributed by atoms with Crippen molar-refractivity contribution in [1.29, 1.82) is 0 Å². The number of carbonyl (C=O) groups excluding carboxylic acids is 2. The maximum atomic E-state index is 12.6. The van der Waals surface area contributed by atoms with Crippen LogP contribution < -0.4 is 10.6 Å². The van der Waals surface area contributed by atoms with E-state index in [4.69, 9.17) is 0 Å². The van der Waals surface area contributed by atoms with Crippen LogP contribution in [-0.2, 0) is 10.5 Å². The number of aromatic nitrogens is 3. The van der Waals surface area contributed by atoms with Crippen molar-refractivity contribution in [3.05, 3.63) is 106 Å². The van der Waals surface area contributed by atoms with Gasteiger partial charge in [0.25, 0.3) is 11.6 Å². The molecule has 0 atom stereocenters. The van der Waals surface area contributed by atoms with Crippen molar-refractivity contribution in [2.75, 3.05) is 16.4 Å². The second-order valence-corrected chi connectivity index (χ2v) is 13.5. The molecule has 0 spiro atoms. The van der Waals surface area contributed by atoms with Crippen LogP contribution in [0.2, 0.25) is 0 Å². The average molecular weight is 645 g/mol. The molecule has 2 N–H and O–H groups in total. The van der Waals surface area contributed by atoms with Gasteiger partial charge < -0.3 is 5.32 Å². The predicted octanol–water partition coefficient (Wildman–Crippen LogP) is 7.48. The number of non-ortho nitro benzene ring substituents is 1. The molecule has 0 fully saturated rings. The summed E-state index contributed by atoms with van der Waals surface area (Å²) in [5, 5.41) is 27.6. The summed E-state index contributed by atoms with van der Waals surface area (Å²) in [6, 6.07) is 25.2. The first kappa shape index (κ1) is 28.7. The summed E-state index contributed by atoms with van der Waals surface area (Å²) in [5.41, 5.74) is 2.76. The molecule has 14 heteroatoms. The van der Waals surface area contributed by atoms with Crippen molar-refractivity contribution in [3.63, 3.8) is 0 Å². The molecule has 0 aliphatic heterocycles. The number of anilines is 2. The Labute approximate surface area is 261 Å². The number of hydrogen-bond acceptors (Lipinski definition) is 11. The molecule has 0 saturated carbocycles. The Bertz CT molecular complexity index is 1970. The molecule has 43 heavy (non-hydrogen) atoms. The van der Waals surface area contributed by atoms with Crippen LogP contribution in [0.15, 0.2) is 93.6 Å². The number of carbonyl (C=O) groups is 2. The third kappa shape index (κ3) is 7.00. The number of fused-ring (bicyclic) bond motifs is 2. The highest BCUT2D eigenvalue weighted by atomic mass is 32.2. The number of rotatable bonds is 10. The van der Waals surface area contributed by atoms with Crippen LogP contribution in [0, 0.1) is 10.1 Å². The van der Waals surface area contributed by atoms with Crippen LogP contribution in [0.4, 0.5) is 16.5 Å². The van der Waals surface area contributed by atoms with Crippen LogP contribution in [0.5, 0.6) is 0 Å². The normalized spacial score (nSPS) is 11.1. The van der Waals surface area contributed by atoms with Gasteiger partial charge in [0.05, 0.1) is 20.9 Å². The van der Waals surface area contributed by atoms with Crippen molar-refractivity contribution in [2.24, 2.45) is 0 Å². The van der Waals surface area contributed by atoms with E-state index in [1.54, 1.807) is 30.0 Å². The van der Waals surface area contributed by atoms with Gasteiger partial charge in [0.1, 0.15) is 0 Å². The highest BCUT2D eigenvalue weighted by Crippen LogP contribution is 2.33. The number of nitro groups is 1. The Balaban J connectivity index is 1.01. The number of nitro benzene ring substituents is 1. The lowest BCUT2D eigenvalue weighted by Gasteiger charge is -2.05. The van der Waals surface area contributed by atoms with Crippen molar-refractivity contribution >= 4 is 95.5 Å². The topological polar surface area (TPSA) is 140 Å². The summed E-state index contributed by atoms with van der Waals surface area (Å²) in [5.74, 6) is 0.320. The number of hydrogen-bond donors (Lipinski definition) is 2. The maximum Gasteiger partial charge on any atom is 0.269 e. The van der Waals surface area contributed by atoms with Crippen molar-refractivity contribution in [1.82, 2.24) is 15.2 Å². The molecule has 214 valence electrons. The fourth-order valence-electron chi connectivity index (χ4n) is 4.14. The van der Waals surface area contributed by atoms with Crippen molar-refractivity contribution < 1.29 is 14.5 Å². The SMILES string of the molecule is O=C(CSc1nc2ccc(NC(=O)c3ccc([N+](=O)[O-])cc3)cc2s1)Nc1nnc(SCc2cccc3ccccc23)s1. The van der Waals surface area contributed by atoms with E-state index in [2.05, 4.69) is 50.1 Å². The third-order valence-corrected chi connectivity index (χ3v) is 10.4. The van der Waals surface area contributed by atoms with E-state index >= 15 is 0 Å². The minimum Gasteiger partial charge on any atom is -0.322 e. The van der Waals surface area contributed by atoms with E-state index in [-0.39, 0.29) is 23.3 Å². The summed E-state index contributed by atoms with van der Waals surface area (Å²) in [6.45, 7) is 0. The number of amides is 2. The minimum absolute atomic E-state index is 0.0823. The number of nitrogens with one attached hydrogen (secondary N) is 2. The second kappa shape index (κ2) is 12.9. The number of thiazole rings is 1. The summed E-state index contributed by atoms with van der Waals surface area (Å²) in [6.07, 6.45) is 0. The van der Waals surface area contributed by atoms with Gasteiger partial charge in [0.15, 0.2) is 8.68 Å².